The van der Waals surface area contributed by atoms with Gasteiger partial charge in [0.25, 0.3) is 0 Å². The summed E-state index contributed by atoms with van der Waals surface area (Å²) in [5.74, 6) is 0. The van der Waals surface area contributed by atoms with Crippen LogP contribution in [0.5, 0.6) is 0 Å². The van der Waals surface area contributed by atoms with E-state index in [4.69, 9.17) is 0 Å². The normalized spacial score (nSPS) is 12.0. The van der Waals surface area contributed by atoms with E-state index in [1.807, 2.05) is 12.4 Å². The molecule has 0 heterocycles. The predicted octanol–water partition coefficient (Wildman–Crippen LogP) is 5.51. The van der Waals surface area contributed by atoms with E-state index in [1.165, 1.54) is 19.3 Å². The first-order valence-corrected chi connectivity index (χ1v) is 8.55. The molecule has 1 radical (unpaired) electrons. The molecule has 0 aliphatic heterocycles. The molecule has 0 saturated heterocycles. The third-order valence-electron chi connectivity index (χ3n) is 3.58. The summed E-state index contributed by atoms with van der Waals surface area (Å²) in [6, 6.07) is 0. The molecule has 0 fully saturated rings. The van der Waals surface area contributed by atoms with Crippen molar-refractivity contribution in [2.45, 2.75) is 84.0 Å². The van der Waals surface area contributed by atoms with Crippen LogP contribution in [0.4, 0.5) is 0 Å². The first-order valence-electron chi connectivity index (χ1n) is 8.55. The van der Waals surface area contributed by atoms with Crippen LogP contribution in [0.1, 0.15) is 84.0 Å². The summed E-state index contributed by atoms with van der Waals surface area (Å²) in [5.41, 5.74) is 0.333. The maximum Gasteiger partial charge on any atom is 0.242 e. The summed E-state index contributed by atoms with van der Waals surface area (Å²) in [7, 11) is 0. The molecule has 0 N–H and O–H groups in total. The number of rotatable bonds is 15. The average molecular weight is 308 g/mol. The minimum absolute atomic E-state index is 0.258. The maximum absolute atomic E-state index is 11.0. The minimum atomic E-state index is -0.258. The van der Waals surface area contributed by atoms with Gasteiger partial charge in [-0.05, 0) is 38.2 Å². The van der Waals surface area contributed by atoms with Gasteiger partial charge in [-0.2, -0.15) is 0 Å². The minimum Gasteiger partial charge on any atom is -0.291 e. The zero-order valence-corrected chi connectivity index (χ0v) is 13.9. The van der Waals surface area contributed by atoms with Gasteiger partial charge in [0, 0.05) is 12.8 Å². The lowest BCUT2D eigenvalue weighted by atomic mass is 10.1. The molecule has 0 aliphatic rings. The third kappa shape index (κ3) is 13.5. The van der Waals surface area contributed by atoms with Crippen LogP contribution in [0.15, 0.2) is 23.9 Å². The Hall–Kier alpha value is -1.45. The topological polar surface area (TPSA) is 60.2 Å². The van der Waals surface area contributed by atoms with Crippen LogP contribution < -0.4 is 0 Å². The molecule has 4 nitrogen and oxygen atoms in total. The molecular formula is C18H30NO3. The molecule has 22 heavy (non-hydrogen) atoms. The predicted molar refractivity (Wildman–Crippen MR) is 91.0 cm³/mol. The maximum atomic E-state index is 11.0. The fourth-order valence-corrected chi connectivity index (χ4v) is 2.23. The average Bonchev–Trinajstić information content (AvgIpc) is 2.50. The molecule has 0 amide bonds. The Balaban J connectivity index is 3.82. The van der Waals surface area contributed by atoms with Crippen LogP contribution in [-0.2, 0) is 4.79 Å². The SMILES string of the molecule is CCCCC/C=C\C/C=C(\CCCCCCC[C]=O)[N+](=O)[O-]. The van der Waals surface area contributed by atoms with Gasteiger partial charge in [-0.1, -0.05) is 51.2 Å². The molecule has 0 aromatic rings. The van der Waals surface area contributed by atoms with Crippen LogP contribution in [0.25, 0.3) is 0 Å². The lowest BCUT2D eigenvalue weighted by molar-refractivity contribution is -0.428. The van der Waals surface area contributed by atoms with Gasteiger partial charge in [-0.3, -0.25) is 14.9 Å². The Labute approximate surface area is 134 Å². The van der Waals surface area contributed by atoms with Crippen molar-refractivity contribution in [3.05, 3.63) is 34.0 Å². The number of hydrogen-bond acceptors (Lipinski definition) is 3. The molecule has 0 aliphatic carbocycles. The van der Waals surface area contributed by atoms with E-state index in [9.17, 15) is 14.9 Å². The largest absolute Gasteiger partial charge is 0.291 e. The van der Waals surface area contributed by atoms with Gasteiger partial charge in [-0.15, -0.1) is 0 Å². The van der Waals surface area contributed by atoms with Gasteiger partial charge in [0.05, 0.1) is 4.92 Å². The van der Waals surface area contributed by atoms with Crippen LogP contribution in [0, 0.1) is 10.1 Å². The monoisotopic (exact) mass is 308 g/mol. The highest BCUT2D eigenvalue weighted by atomic mass is 16.6. The van der Waals surface area contributed by atoms with Crippen molar-refractivity contribution >= 4 is 6.29 Å². The van der Waals surface area contributed by atoms with Crippen molar-refractivity contribution in [1.29, 1.82) is 0 Å². The Kier molecular flexibility index (Phi) is 14.9. The highest BCUT2D eigenvalue weighted by Crippen LogP contribution is 2.13. The standard InChI is InChI=1S/C18H30NO3/c1-2-3-4-5-6-9-12-15-18(19(21)22)16-13-10-7-8-11-14-17-20/h6,9,15H,2-5,7-8,10-14,16H2,1H3/b9-6-,18-15+. The van der Waals surface area contributed by atoms with Gasteiger partial charge in [0.15, 0.2) is 6.29 Å². The van der Waals surface area contributed by atoms with Crippen molar-refractivity contribution < 1.29 is 9.72 Å². The van der Waals surface area contributed by atoms with E-state index in [1.54, 1.807) is 6.08 Å². The van der Waals surface area contributed by atoms with Crippen molar-refractivity contribution in [2.24, 2.45) is 0 Å². The second-order valence-electron chi connectivity index (χ2n) is 5.57. The zero-order chi connectivity index (χ0) is 16.5. The van der Waals surface area contributed by atoms with E-state index < -0.39 is 0 Å². The fraction of sp³-hybridized carbons (Fsp3) is 0.722. The number of nitro groups is 1. The Morgan fingerprint density at radius 3 is 2.45 bits per heavy atom. The summed E-state index contributed by atoms with van der Waals surface area (Å²) in [6.45, 7) is 2.18. The lowest BCUT2D eigenvalue weighted by Gasteiger charge is -2.00. The molecule has 0 aromatic heterocycles. The summed E-state index contributed by atoms with van der Waals surface area (Å²) < 4.78 is 0. The van der Waals surface area contributed by atoms with E-state index in [-0.39, 0.29) is 4.92 Å². The van der Waals surface area contributed by atoms with Crippen LogP contribution in [-0.4, -0.2) is 11.2 Å². The second kappa shape index (κ2) is 15.9. The molecule has 0 spiro atoms. The van der Waals surface area contributed by atoms with Gasteiger partial charge >= 0.3 is 0 Å². The molecule has 0 saturated carbocycles. The molecule has 0 atom stereocenters. The Morgan fingerprint density at radius 1 is 1.05 bits per heavy atom. The summed E-state index contributed by atoms with van der Waals surface area (Å²) in [5, 5.41) is 11.0. The van der Waals surface area contributed by atoms with Crippen LogP contribution in [0.3, 0.4) is 0 Å². The second-order valence-corrected chi connectivity index (χ2v) is 5.57. The van der Waals surface area contributed by atoms with Gasteiger partial charge in [0.2, 0.25) is 5.70 Å². The number of hydrogen-bond donors (Lipinski definition) is 0. The smallest absolute Gasteiger partial charge is 0.242 e. The summed E-state index contributed by atoms with van der Waals surface area (Å²) >= 11 is 0. The number of allylic oxidation sites excluding steroid dienone is 4. The van der Waals surface area contributed by atoms with E-state index in [0.29, 0.717) is 25.0 Å². The van der Waals surface area contributed by atoms with E-state index in [0.717, 1.165) is 38.5 Å². The molecule has 0 unspecified atom stereocenters. The highest BCUT2D eigenvalue weighted by molar-refractivity contribution is 5.50. The van der Waals surface area contributed by atoms with E-state index in [2.05, 4.69) is 13.0 Å². The van der Waals surface area contributed by atoms with Crippen molar-refractivity contribution in [1.82, 2.24) is 0 Å². The Bertz CT molecular complexity index is 348. The van der Waals surface area contributed by atoms with Gasteiger partial charge < -0.3 is 0 Å². The van der Waals surface area contributed by atoms with Crippen molar-refractivity contribution in [3.8, 4) is 0 Å². The molecule has 125 valence electrons. The summed E-state index contributed by atoms with van der Waals surface area (Å²) in [6.07, 6.45) is 18.9. The van der Waals surface area contributed by atoms with Crippen molar-refractivity contribution in [2.75, 3.05) is 0 Å². The van der Waals surface area contributed by atoms with Crippen LogP contribution in [0.2, 0.25) is 0 Å². The van der Waals surface area contributed by atoms with Gasteiger partial charge in [0.1, 0.15) is 0 Å². The molecule has 0 aromatic carbocycles. The third-order valence-corrected chi connectivity index (χ3v) is 3.58. The summed E-state index contributed by atoms with van der Waals surface area (Å²) in [4.78, 5) is 20.8. The van der Waals surface area contributed by atoms with Crippen LogP contribution >= 0.6 is 0 Å². The Morgan fingerprint density at radius 2 is 1.77 bits per heavy atom. The van der Waals surface area contributed by atoms with Gasteiger partial charge in [-0.25, -0.2) is 0 Å². The first kappa shape index (κ1) is 20.6. The number of carbonyl (C=O) groups excluding carboxylic acids is 1. The molecule has 0 bridgehead atoms. The quantitative estimate of drug-likeness (QED) is 0.173. The number of nitrogens with zero attached hydrogens (tertiary/aromatic N) is 1. The lowest BCUT2D eigenvalue weighted by Crippen LogP contribution is -1.98. The number of unbranched alkanes of at least 4 members (excludes halogenated alkanes) is 8. The van der Waals surface area contributed by atoms with E-state index >= 15 is 0 Å². The highest BCUT2D eigenvalue weighted by Gasteiger charge is 2.08. The zero-order valence-electron chi connectivity index (χ0n) is 13.9. The fourth-order valence-electron chi connectivity index (χ4n) is 2.23. The molecular weight excluding hydrogens is 278 g/mol. The van der Waals surface area contributed by atoms with Crippen molar-refractivity contribution in [3.63, 3.8) is 0 Å². The molecule has 0 rings (SSSR count). The molecule has 4 heteroatoms. The first-order chi connectivity index (χ1) is 10.7.